The van der Waals surface area contributed by atoms with Gasteiger partial charge in [0.25, 0.3) is 11.8 Å². The van der Waals surface area contributed by atoms with Gasteiger partial charge < -0.3 is 19.9 Å². The number of hydrogen-bond acceptors (Lipinski definition) is 6. The van der Waals surface area contributed by atoms with Gasteiger partial charge in [0.05, 0.1) is 12.3 Å². The highest BCUT2D eigenvalue weighted by molar-refractivity contribution is 6.04. The molecule has 2 amide bonds. The van der Waals surface area contributed by atoms with Crippen molar-refractivity contribution in [2.75, 3.05) is 39.4 Å². The number of pyridine rings is 1. The van der Waals surface area contributed by atoms with Crippen LogP contribution in [0.3, 0.4) is 0 Å². The third-order valence-electron chi connectivity index (χ3n) is 5.69. The largest absolute Gasteiger partial charge is 0.457 e. The zero-order valence-electron chi connectivity index (χ0n) is 21.9. The van der Waals surface area contributed by atoms with E-state index in [0.717, 1.165) is 16.7 Å². The number of likely N-dealkylation sites (N-methyl/N-ethyl adjacent to an activating group) is 1. The topological polar surface area (TPSA) is 99.8 Å². The van der Waals surface area contributed by atoms with Crippen LogP contribution in [0.5, 0.6) is 11.5 Å². The fourth-order valence-electron chi connectivity index (χ4n) is 3.72. The molecule has 2 N–H and O–H groups in total. The molecule has 9 heteroatoms. The van der Waals surface area contributed by atoms with Gasteiger partial charge in [-0.2, -0.15) is 5.06 Å². The molecule has 9 nitrogen and oxygen atoms in total. The first-order valence-corrected chi connectivity index (χ1v) is 12.2. The number of anilines is 1. The van der Waals surface area contributed by atoms with E-state index in [2.05, 4.69) is 15.3 Å². The van der Waals surface area contributed by atoms with Gasteiger partial charge in [0.15, 0.2) is 0 Å². The lowest BCUT2D eigenvalue weighted by atomic mass is 10.1. The number of aromatic amines is 1. The van der Waals surface area contributed by atoms with Crippen molar-refractivity contribution >= 4 is 17.5 Å². The Morgan fingerprint density at radius 3 is 2.53 bits per heavy atom. The Bertz CT molecular complexity index is 1420. The molecule has 0 aliphatic carbocycles. The highest BCUT2D eigenvalue weighted by Crippen LogP contribution is 2.29. The van der Waals surface area contributed by atoms with Crippen molar-refractivity contribution in [2.24, 2.45) is 0 Å². The minimum absolute atomic E-state index is 0.265. The molecule has 0 bridgehead atoms. The number of hydroxylamine groups is 1. The van der Waals surface area contributed by atoms with E-state index < -0.39 is 0 Å². The highest BCUT2D eigenvalue weighted by Gasteiger charge is 2.21. The van der Waals surface area contributed by atoms with Crippen molar-refractivity contribution in [1.29, 1.82) is 0 Å². The number of amides is 2. The van der Waals surface area contributed by atoms with Gasteiger partial charge in [-0.3, -0.25) is 19.4 Å². The van der Waals surface area contributed by atoms with E-state index in [-0.39, 0.29) is 17.5 Å². The summed E-state index contributed by atoms with van der Waals surface area (Å²) in [7, 11) is 5.45. The van der Waals surface area contributed by atoms with E-state index in [0.29, 0.717) is 36.0 Å². The zero-order valence-corrected chi connectivity index (χ0v) is 21.9. The Kier molecular flexibility index (Phi) is 8.52. The summed E-state index contributed by atoms with van der Waals surface area (Å²) < 4.78 is 5.97. The summed E-state index contributed by atoms with van der Waals surface area (Å²) >= 11 is 0. The maximum absolute atomic E-state index is 13.5. The van der Waals surface area contributed by atoms with Crippen LogP contribution in [-0.2, 0) is 4.84 Å². The number of nitrogens with zero attached hydrogens (tertiary/aromatic N) is 3. The number of carbonyl (C=O) groups excluding carboxylic acids is 2. The minimum atomic E-state index is -0.300. The molecular formula is C29H31N5O4. The van der Waals surface area contributed by atoms with Crippen molar-refractivity contribution in [2.45, 2.75) is 6.92 Å². The Balaban J connectivity index is 1.54. The van der Waals surface area contributed by atoms with Crippen LogP contribution in [0.15, 0.2) is 79.1 Å². The summed E-state index contributed by atoms with van der Waals surface area (Å²) in [6.07, 6.45) is 3.30. The third-order valence-corrected chi connectivity index (χ3v) is 5.69. The van der Waals surface area contributed by atoms with Crippen molar-refractivity contribution < 1.29 is 19.2 Å². The molecule has 0 atom stereocenters. The van der Waals surface area contributed by atoms with Crippen molar-refractivity contribution in [3.63, 3.8) is 0 Å². The number of ether oxygens (including phenoxy) is 1. The number of aromatic nitrogens is 2. The second kappa shape index (κ2) is 12.2. The molecular weight excluding hydrogens is 482 g/mol. The SMILES string of the molecule is CNC(=O)c1cc(Oc2cccc(-c3c[nH]c(C(=O)N(OCCN(C)C)c4cccc(C)c4)c3)c2)ccn1. The molecule has 0 unspecified atom stereocenters. The fraction of sp³-hybridized carbons (Fsp3) is 0.207. The quantitative estimate of drug-likeness (QED) is 0.299. The molecule has 38 heavy (non-hydrogen) atoms. The normalized spacial score (nSPS) is 10.9. The summed E-state index contributed by atoms with van der Waals surface area (Å²) in [6, 6.07) is 20.1. The van der Waals surface area contributed by atoms with Crippen LogP contribution in [0.25, 0.3) is 11.1 Å². The highest BCUT2D eigenvalue weighted by atomic mass is 16.7. The van der Waals surface area contributed by atoms with Gasteiger partial charge in [0.2, 0.25) is 0 Å². The molecule has 4 aromatic rings. The maximum atomic E-state index is 13.5. The number of nitrogens with one attached hydrogen (secondary N) is 2. The predicted octanol–water partition coefficient (Wildman–Crippen LogP) is 4.68. The molecule has 0 saturated heterocycles. The van der Waals surface area contributed by atoms with E-state index in [1.807, 2.05) is 74.4 Å². The Morgan fingerprint density at radius 2 is 1.76 bits per heavy atom. The first-order valence-electron chi connectivity index (χ1n) is 12.2. The minimum Gasteiger partial charge on any atom is -0.457 e. The van der Waals surface area contributed by atoms with Crippen molar-refractivity contribution in [3.05, 3.63) is 96.1 Å². The van der Waals surface area contributed by atoms with Gasteiger partial charge >= 0.3 is 0 Å². The number of aryl methyl sites for hydroxylation is 1. The van der Waals surface area contributed by atoms with Crippen LogP contribution in [0.4, 0.5) is 5.69 Å². The molecule has 0 fully saturated rings. The van der Waals surface area contributed by atoms with Gasteiger partial charge in [0, 0.05) is 37.6 Å². The smallest absolute Gasteiger partial charge is 0.298 e. The zero-order chi connectivity index (χ0) is 27.1. The number of carbonyl (C=O) groups is 2. The summed E-state index contributed by atoms with van der Waals surface area (Å²) in [4.78, 5) is 40.4. The Morgan fingerprint density at radius 1 is 0.974 bits per heavy atom. The van der Waals surface area contributed by atoms with Gasteiger partial charge in [-0.1, -0.05) is 24.3 Å². The lowest BCUT2D eigenvalue weighted by molar-refractivity contribution is 0.0605. The lowest BCUT2D eigenvalue weighted by Crippen LogP contribution is -2.34. The van der Waals surface area contributed by atoms with Crippen LogP contribution >= 0.6 is 0 Å². The average molecular weight is 514 g/mol. The van der Waals surface area contributed by atoms with E-state index in [1.165, 1.54) is 11.3 Å². The third kappa shape index (κ3) is 6.64. The average Bonchev–Trinajstić information content (AvgIpc) is 3.41. The molecule has 0 spiro atoms. The maximum Gasteiger partial charge on any atom is 0.298 e. The molecule has 0 aliphatic rings. The van der Waals surface area contributed by atoms with Crippen LogP contribution in [0.1, 0.15) is 26.5 Å². The van der Waals surface area contributed by atoms with Crippen LogP contribution in [0.2, 0.25) is 0 Å². The van der Waals surface area contributed by atoms with E-state index in [1.54, 1.807) is 31.4 Å². The van der Waals surface area contributed by atoms with Gasteiger partial charge in [-0.05, 0) is 68.5 Å². The van der Waals surface area contributed by atoms with Crippen LogP contribution in [0, 0.1) is 6.92 Å². The molecule has 4 rings (SSSR count). The molecule has 2 aromatic heterocycles. The standard InChI is InChI=1S/C29H31N5O4/c1-20-7-5-9-23(15-20)34(37-14-13-33(3)4)29(36)27-17-22(19-32-27)21-8-6-10-24(16-21)38-25-11-12-31-26(18-25)28(35)30-2/h5-12,15-19,32H,13-14H2,1-4H3,(H,30,35). The second-order valence-corrected chi connectivity index (χ2v) is 8.96. The number of hydrogen-bond donors (Lipinski definition) is 2. The second-order valence-electron chi connectivity index (χ2n) is 8.96. The first-order chi connectivity index (χ1) is 18.3. The number of H-pyrrole nitrogens is 1. The van der Waals surface area contributed by atoms with Crippen LogP contribution in [-0.4, -0.2) is 61.0 Å². The molecule has 0 aliphatic heterocycles. The molecule has 2 heterocycles. The molecule has 0 saturated carbocycles. The van der Waals surface area contributed by atoms with Gasteiger partial charge in [0.1, 0.15) is 22.9 Å². The lowest BCUT2D eigenvalue weighted by Gasteiger charge is -2.22. The molecule has 0 radical (unpaired) electrons. The first kappa shape index (κ1) is 26.6. The molecule has 2 aromatic carbocycles. The van der Waals surface area contributed by atoms with Gasteiger partial charge in [-0.15, -0.1) is 0 Å². The van der Waals surface area contributed by atoms with E-state index >= 15 is 0 Å². The van der Waals surface area contributed by atoms with Crippen LogP contribution < -0.4 is 15.1 Å². The van der Waals surface area contributed by atoms with Crippen molar-refractivity contribution in [1.82, 2.24) is 20.2 Å². The summed E-state index contributed by atoms with van der Waals surface area (Å²) in [5, 5.41) is 3.88. The predicted molar refractivity (Wildman–Crippen MR) is 146 cm³/mol. The fourth-order valence-corrected chi connectivity index (χ4v) is 3.72. The Labute approximate surface area is 222 Å². The molecule has 196 valence electrons. The summed E-state index contributed by atoms with van der Waals surface area (Å²) in [5.74, 6) is 0.481. The summed E-state index contributed by atoms with van der Waals surface area (Å²) in [5.41, 5.74) is 4.01. The number of benzene rings is 2. The van der Waals surface area contributed by atoms with Gasteiger partial charge in [-0.25, -0.2) is 0 Å². The van der Waals surface area contributed by atoms with Crippen molar-refractivity contribution in [3.8, 4) is 22.6 Å². The Hall–Kier alpha value is -4.47. The van der Waals surface area contributed by atoms with E-state index in [4.69, 9.17) is 9.57 Å². The summed E-state index contributed by atoms with van der Waals surface area (Å²) in [6.45, 7) is 3.00. The number of rotatable bonds is 10. The monoisotopic (exact) mass is 513 g/mol. The van der Waals surface area contributed by atoms with E-state index in [9.17, 15) is 9.59 Å².